The Balaban J connectivity index is 1.93. The average molecular weight is 304 g/mol. The lowest BCUT2D eigenvalue weighted by Gasteiger charge is -2.24. The van der Waals surface area contributed by atoms with Crippen LogP contribution in [0.3, 0.4) is 0 Å². The van der Waals surface area contributed by atoms with Crippen LogP contribution < -0.4 is 4.72 Å². The summed E-state index contributed by atoms with van der Waals surface area (Å²) in [6.07, 6.45) is 2.41. The number of thiophene rings is 1. The third-order valence-electron chi connectivity index (χ3n) is 3.44. The predicted octanol–water partition coefficient (Wildman–Crippen LogP) is 1.00. The molecule has 1 aliphatic carbocycles. The fourth-order valence-electron chi connectivity index (χ4n) is 1.87. The third kappa shape index (κ3) is 3.76. The van der Waals surface area contributed by atoms with Gasteiger partial charge in [-0.15, -0.1) is 11.3 Å². The van der Waals surface area contributed by atoms with Crippen molar-refractivity contribution in [1.29, 1.82) is 0 Å². The van der Waals surface area contributed by atoms with Gasteiger partial charge in [0.15, 0.2) is 0 Å². The first-order chi connectivity index (χ1) is 8.94. The van der Waals surface area contributed by atoms with Crippen LogP contribution in [0.5, 0.6) is 0 Å². The Labute approximate surface area is 118 Å². The maximum Gasteiger partial charge on any atom is 0.250 e. The Bertz CT molecular complexity index is 523. The normalized spacial score (nSPS) is 17.9. The van der Waals surface area contributed by atoms with Crippen molar-refractivity contribution < 1.29 is 13.5 Å². The van der Waals surface area contributed by atoms with E-state index in [1.165, 1.54) is 18.9 Å². The van der Waals surface area contributed by atoms with Crippen molar-refractivity contribution in [1.82, 2.24) is 9.62 Å². The topological polar surface area (TPSA) is 69.6 Å². The Morgan fingerprint density at radius 2 is 2.21 bits per heavy atom. The Kier molecular flexibility index (Phi) is 4.62. The van der Waals surface area contributed by atoms with Crippen molar-refractivity contribution in [2.75, 3.05) is 13.6 Å². The molecule has 1 fully saturated rings. The molecule has 1 unspecified atom stereocenters. The number of nitrogens with one attached hydrogen (secondary N) is 1. The lowest BCUT2D eigenvalue weighted by molar-refractivity contribution is 0.248. The summed E-state index contributed by atoms with van der Waals surface area (Å²) in [5.74, 6) is 0. The molecule has 1 heterocycles. The van der Waals surface area contributed by atoms with Crippen LogP contribution in [0.1, 0.15) is 24.6 Å². The van der Waals surface area contributed by atoms with Gasteiger partial charge in [-0.1, -0.05) is 0 Å². The molecule has 0 bridgehead atoms. The molecule has 2 rings (SSSR count). The van der Waals surface area contributed by atoms with Gasteiger partial charge in [-0.2, -0.15) is 0 Å². The molecule has 1 aliphatic rings. The second-order valence-electron chi connectivity index (χ2n) is 4.98. The highest BCUT2D eigenvalue weighted by Gasteiger charge is 2.29. The van der Waals surface area contributed by atoms with E-state index in [1.54, 1.807) is 6.07 Å². The van der Waals surface area contributed by atoms with E-state index in [0.29, 0.717) is 17.5 Å². The Morgan fingerprint density at radius 1 is 1.53 bits per heavy atom. The standard InChI is InChI=1S/C12H20N2O3S2/c1-9(14(2)10-3-4-10)7-13-19(16,17)12-6-5-11(8-15)18-12/h5-6,9-10,13,15H,3-4,7-8H2,1-2H3. The highest BCUT2D eigenvalue weighted by Crippen LogP contribution is 2.27. The molecule has 2 N–H and O–H groups in total. The molecule has 1 aromatic heterocycles. The van der Waals surface area contributed by atoms with Crippen molar-refractivity contribution >= 4 is 21.4 Å². The molecule has 19 heavy (non-hydrogen) atoms. The van der Waals surface area contributed by atoms with E-state index in [1.807, 2.05) is 14.0 Å². The third-order valence-corrected chi connectivity index (χ3v) is 6.43. The lowest BCUT2D eigenvalue weighted by Crippen LogP contribution is -2.40. The van der Waals surface area contributed by atoms with Crippen molar-refractivity contribution in [3.8, 4) is 0 Å². The predicted molar refractivity (Wildman–Crippen MR) is 75.7 cm³/mol. The van der Waals surface area contributed by atoms with E-state index in [-0.39, 0.29) is 16.9 Å². The van der Waals surface area contributed by atoms with Crippen LogP contribution in [-0.2, 0) is 16.6 Å². The quantitative estimate of drug-likeness (QED) is 0.788. The highest BCUT2D eigenvalue weighted by atomic mass is 32.2. The molecule has 5 nitrogen and oxygen atoms in total. The van der Waals surface area contributed by atoms with E-state index in [4.69, 9.17) is 5.11 Å². The van der Waals surface area contributed by atoms with Gasteiger partial charge in [0.25, 0.3) is 0 Å². The molecule has 1 aromatic rings. The maximum absolute atomic E-state index is 12.1. The highest BCUT2D eigenvalue weighted by molar-refractivity contribution is 7.91. The number of aliphatic hydroxyl groups is 1. The van der Waals surface area contributed by atoms with E-state index in [0.717, 1.165) is 11.3 Å². The van der Waals surface area contributed by atoms with Crippen LogP contribution in [-0.4, -0.2) is 44.1 Å². The molecule has 1 saturated carbocycles. The SMILES string of the molecule is CC(CNS(=O)(=O)c1ccc(CO)s1)N(C)C1CC1. The van der Waals surface area contributed by atoms with E-state index in [9.17, 15) is 8.42 Å². The van der Waals surface area contributed by atoms with Crippen LogP contribution in [0.15, 0.2) is 16.3 Å². The maximum atomic E-state index is 12.1. The number of rotatable bonds is 7. The lowest BCUT2D eigenvalue weighted by atomic mass is 10.3. The smallest absolute Gasteiger partial charge is 0.250 e. The molecule has 0 amide bonds. The van der Waals surface area contributed by atoms with Gasteiger partial charge in [0.2, 0.25) is 10.0 Å². The zero-order chi connectivity index (χ0) is 14.0. The number of aliphatic hydroxyl groups excluding tert-OH is 1. The molecule has 0 spiro atoms. The summed E-state index contributed by atoms with van der Waals surface area (Å²) in [7, 11) is -1.42. The van der Waals surface area contributed by atoms with Crippen molar-refractivity contribution in [2.24, 2.45) is 0 Å². The van der Waals surface area contributed by atoms with E-state index < -0.39 is 10.0 Å². The zero-order valence-electron chi connectivity index (χ0n) is 11.2. The molecule has 0 aromatic carbocycles. The summed E-state index contributed by atoms with van der Waals surface area (Å²) in [5, 5.41) is 8.96. The fraction of sp³-hybridized carbons (Fsp3) is 0.667. The minimum atomic E-state index is -3.45. The number of hydrogen-bond acceptors (Lipinski definition) is 5. The molecular weight excluding hydrogens is 284 g/mol. The summed E-state index contributed by atoms with van der Waals surface area (Å²) >= 11 is 1.10. The van der Waals surface area contributed by atoms with Crippen LogP contribution in [0.2, 0.25) is 0 Å². The van der Waals surface area contributed by atoms with Crippen molar-refractivity contribution in [3.05, 3.63) is 17.0 Å². The number of hydrogen-bond donors (Lipinski definition) is 2. The minimum absolute atomic E-state index is 0.124. The first-order valence-corrected chi connectivity index (χ1v) is 8.65. The summed E-state index contributed by atoms with van der Waals surface area (Å²) < 4.78 is 27.0. The van der Waals surface area contributed by atoms with Gasteiger partial charge < -0.3 is 5.11 Å². The Morgan fingerprint density at radius 3 is 2.74 bits per heavy atom. The van der Waals surface area contributed by atoms with E-state index >= 15 is 0 Å². The molecule has 108 valence electrons. The van der Waals surface area contributed by atoms with Crippen LogP contribution in [0.4, 0.5) is 0 Å². The summed E-state index contributed by atoms with van der Waals surface area (Å²) in [4.78, 5) is 2.87. The van der Waals surface area contributed by atoms with Gasteiger partial charge >= 0.3 is 0 Å². The zero-order valence-corrected chi connectivity index (χ0v) is 12.8. The second kappa shape index (κ2) is 5.88. The van der Waals surface area contributed by atoms with Gasteiger partial charge in [-0.05, 0) is 38.9 Å². The van der Waals surface area contributed by atoms with Gasteiger partial charge in [-0.25, -0.2) is 13.1 Å². The van der Waals surface area contributed by atoms with Gasteiger partial charge in [0.1, 0.15) is 4.21 Å². The molecule has 0 aliphatic heterocycles. The second-order valence-corrected chi connectivity index (χ2v) is 8.14. The van der Waals surface area contributed by atoms with Crippen LogP contribution in [0, 0.1) is 0 Å². The van der Waals surface area contributed by atoms with Gasteiger partial charge in [-0.3, -0.25) is 4.90 Å². The van der Waals surface area contributed by atoms with Gasteiger partial charge in [0, 0.05) is 23.5 Å². The summed E-state index contributed by atoms with van der Waals surface area (Å²) in [6, 6.07) is 3.97. The fourth-order valence-corrected chi connectivity index (χ4v) is 4.26. The molecular formula is C12H20N2O3S2. The Hall–Kier alpha value is -0.470. The van der Waals surface area contributed by atoms with E-state index in [2.05, 4.69) is 9.62 Å². The average Bonchev–Trinajstić information content (AvgIpc) is 3.11. The van der Waals surface area contributed by atoms with Crippen LogP contribution in [0.25, 0.3) is 0 Å². The van der Waals surface area contributed by atoms with Crippen molar-refractivity contribution in [3.63, 3.8) is 0 Å². The first kappa shape index (κ1) is 14.9. The minimum Gasteiger partial charge on any atom is -0.391 e. The molecule has 0 saturated heterocycles. The molecule has 7 heteroatoms. The van der Waals surface area contributed by atoms with Gasteiger partial charge in [0.05, 0.1) is 6.61 Å². The largest absolute Gasteiger partial charge is 0.391 e. The summed E-state index contributed by atoms with van der Waals surface area (Å²) in [5.41, 5.74) is 0. The molecule has 1 atom stereocenters. The first-order valence-electron chi connectivity index (χ1n) is 6.35. The summed E-state index contributed by atoms with van der Waals surface area (Å²) in [6.45, 7) is 2.30. The number of likely N-dealkylation sites (N-methyl/N-ethyl adjacent to an activating group) is 1. The molecule has 0 radical (unpaired) electrons. The number of sulfonamides is 1. The monoisotopic (exact) mass is 304 g/mol. The van der Waals surface area contributed by atoms with Crippen molar-refractivity contribution in [2.45, 2.75) is 42.7 Å². The van der Waals surface area contributed by atoms with Crippen LogP contribution >= 0.6 is 11.3 Å². The number of nitrogens with zero attached hydrogens (tertiary/aromatic N) is 1.